The van der Waals surface area contributed by atoms with Gasteiger partial charge in [0.05, 0.1) is 0 Å². The van der Waals surface area contributed by atoms with Crippen molar-refractivity contribution in [2.45, 2.75) is 39.7 Å². The van der Waals surface area contributed by atoms with Gasteiger partial charge >= 0.3 is 0 Å². The summed E-state index contributed by atoms with van der Waals surface area (Å²) in [5, 5.41) is 0. The number of carbonyl (C=O) groups excluding carboxylic acids is 2. The molecule has 0 saturated carbocycles. The molecule has 0 spiro atoms. The fourth-order valence-corrected chi connectivity index (χ4v) is 1.60. The van der Waals surface area contributed by atoms with Crippen LogP contribution in [0.15, 0.2) is 0 Å². The van der Waals surface area contributed by atoms with Crippen LogP contribution in [0.3, 0.4) is 0 Å². The smallest absolute Gasteiger partial charge is 0.244 e. The maximum absolute atomic E-state index is 11.8. The minimum atomic E-state index is -0.308. The van der Waals surface area contributed by atoms with Crippen molar-refractivity contribution in [1.82, 2.24) is 9.80 Å². The zero-order valence-corrected chi connectivity index (χ0v) is 10.4. The van der Waals surface area contributed by atoms with Crippen LogP contribution < -0.4 is 0 Å². The first kappa shape index (κ1) is 13.9. The Balaban J connectivity index is 4.73. The van der Waals surface area contributed by atoms with Crippen molar-refractivity contribution in [2.75, 3.05) is 20.6 Å². The van der Waals surface area contributed by atoms with E-state index in [1.54, 1.807) is 23.9 Å². The third-order valence-electron chi connectivity index (χ3n) is 2.36. The van der Waals surface area contributed by atoms with Crippen LogP contribution in [0.25, 0.3) is 0 Å². The second-order valence-corrected chi connectivity index (χ2v) is 3.87. The van der Waals surface area contributed by atoms with Crippen LogP contribution in [0.2, 0.25) is 0 Å². The molecule has 0 rings (SSSR count). The van der Waals surface area contributed by atoms with Gasteiger partial charge in [-0.05, 0) is 12.8 Å². The molecule has 2 amide bonds. The van der Waals surface area contributed by atoms with Gasteiger partial charge in [0.15, 0.2) is 0 Å². The van der Waals surface area contributed by atoms with Gasteiger partial charge < -0.3 is 9.80 Å². The Morgan fingerprint density at radius 3 is 2.00 bits per heavy atom. The zero-order valence-electron chi connectivity index (χ0n) is 10.4. The average Bonchev–Trinajstić information content (AvgIpc) is 2.16. The van der Waals surface area contributed by atoms with E-state index < -0.39 is 0 Å². The van der Waals surface area contributed by atoms with Gasteiger partial charge in [0.1, 0.15) is 6.04 Å². The molecule has 0 aromatic rings. The molecular weight excluding hydrogens is 192 g/mol. The van der Waals surface area contributed by atoms with Crippen LogP contribution in [0.1, 0.15) is 33.6 Å². The Morgan fingerprint density at radius 2 is 1.73 bits per heavy atom. The summed E-state index contributed by atoms with van der Waals surface area (Å²) in [6.07, 6.45) is 1.54. The molecule has 0 aliphatic carbocycles. The number of carbonyl (C=O) groups is 2. The topological polar surface area (TPSA) is 40.6 Å². The van der Waals surface area contributed by atoms with E-state index in [2.05, 4.69) is 0 Å². The maximum atomic E-state index is 11.8. The molecule has 0 radical (unpaired) electrons. The van der Waals surface area contributed by atoms with Crippen LogP contribution in [0, 0.1) is 0 Å². The summed E-state index contributed by atoms with van der Waals surface area (Å²) in [5.41, 5.74) is 0. The summed E-state index contributed by atoms with van der Waals surface area (Å²) < 4.78 is 0. The van der Waals surface area contributed by atoms with E-state index in [0.717, 1.165) is 6.42 Å². The van der Waals surface area contributed by atoms with Gasteiger partial charge in [0.2, 0.25) is 11.8 Å². The maximum Gasteiger partial charge on any atom is 0.244 e. The van der Waals surface area contributed by atoms with Gasteiger partial charge in [-0.3, -0.25) is 9.59 Å². The Morgan fingerprint density at radius 1 is 1.20 bits per heavy atom. The Bertz CT molecular complexity index is 227. The van der Waals surface area contributed by atoms with E-state index in [1.807, 2.05) is 13.8 Å². The van der Waals surface area contributed by atoms with Crippen molar-refractivity contribution < 1.29 is 9.59 Å². The molecule has 0 fully saturated rings. The molecule has 4 heteroatoms. The van der Waals surface area contributed by atoms with Crippen LogP contribution in [-0.4, -0.2) is 48.3 Å². The molecule has 88 valence electrons. The van der Waals surface area contributed by atoms with Crippen molar-refractivity contribution in [3.8, 4) is 0 Å². The SMILES string of the molecule is CCCN(C(C)=O)C(CC)C(=O)N(C)C. The molecule has 0 aromatic carbocycles. The summed E-state index contributed by atoms with van der Waals surface area (Å²) in [4.78, 5) is 26.4. The number of hydrogen-bond acceptors (Lipinski definition) is 2. The van der Waals surface area contributed by atoms with E-state index >= 15 is 0 Å². The molecule has 0 aliphatic rings. The first-order valence-corrected chi connectivity index (χ1v) is 5.44. The van der Waals surface area contributed by atoms with E-state index in [1.165, 1.54) is 6.92 Å². The van der Waals surface area contributed by atoms with Crippen molar-refractivity contribution in [3.05, 3.63) is 0 Å². The highest BCUT2D eigenvalue weighted by molar-refractivity contribution is 5.86. The summed E-state index contributed by atoms with van der Waals surface area (Å²) in [6, 6.07) is -0.308. The summed E-state index contributed by atoms with van der Waals surface area (Å²) in [6.45, 7) is 6.09. The van der Waals surface area contributed by atoms with Crippen LogP contribution >= 0.6 is 0 Å². The lowest BCUT2D eigenvalue weighted by Crippen LogP contribution is -2.48. The van der Waals surface area contributed by atoms with Crippen LogP contribution in [0.4, 0.5) is 0 Å². The number of nitrogens with zero attached hydrogens (tertiary/aromatic N) is 2. The molecule has 0 aliphatic heterocycles. The van der Waals surface area contributed by atoms with Crippen LogP contribution in [0.5, 0.6) is 0 Å². The average molecular weight is 214 g/mol. The lowest BCUT2D eigenvalue weighted by atomic mass is 10.1. The van der Waals surface area contributed by atoms with Gasteiger partial charge in [-0.15, -0.1) is 0 Å². The minimum absolute atomic E-state index is 0.00106. The van der Waals surface area contributed by atoms with Gasteiger partial charge in [-0.25, -0.2) is 0 Å². The monoisotopic (exact) mass is 214 g/mol. The Labute approximate surface area is 92.2 Å². The van der Waals surface area contributed by atoms with Crippen LogP contribution in [-0.2, 0) is 9.59 Å². The molecule has 0 N–H and O–H groups in total. The van der Waals surface area contributed by atoms with Gasteiger partial charge in [-0.2, -0.15) is 0 Å². The predicted molar refractivity (Wildman–Crippen MR) is 60.5 cm³/mol. The van der Waals surface area contributed by atoms with Gasteiger partial charge in [0, 0.05) is 27.6 Å². The quantitative estimate of drug-likeness (QED) is 0.688. The van der Waals surface area contributed by atoms with Gasteiger partial charge in [-0.1, -0.05) is 13.8 Å². The van der Waals surface area contributed by atoms with E-state index in [4.69, 9.17) is 0 Å². The fraction of sp³-hybridized carbons (Fsp3) is 0.818. The van der Waals surface area contributed by atoms with Crippen molar-refractivity contribution in [3.63, 3.8) is 0 Å². The molecule has 15 heavy (non-hydrogen) atoms. The fourth-order valence-electron chi connectivity index (χ4n) is 1.60. The summed E-state index contributed by atoms with van der Waals surface area (Å²) in [7, 11) is 3.44. The number of rotatable bonds is 5. The largest absolute Gasteiger partial charge is 0.347 e. The van der Waals surface area contributed by atoms with Crippen molar-refractivity contribution >= 4 is 11.8 Å². The number of amides is 2. The zero-order chi connectivity index (χ0) is 12.0. The second-order valence-electron chi connectivity index (χ2n) is 3.87. The third kappa shape index (κ3) is 3.90. The van der Waals surface area contributed by atoms with Crippen molar-refractivity contribution in [1.29, 1.82) is 0 Å². The number of likely N-dealkylation sites (N-methyl/N-ethyl adjacent to an activating group) is 1. The molecule has 0 aromatic heterocycles. The normalized spacial score (nSPS) is 12.1. The third-order valence-corrected chi connectivity index (χ3v) is 2.36. The molecule has 0 saturated heterocycles. The molecule has 4 nitrogen and oxygen atoms in total. The van der Waals surface area contributed by atoms with E-state index in [-0.39, 0.29) is 17.9 Å². The first-order chi connectivity index (χ1) is 6.95. The Hall–Kier alpha value is -1.06. The highest BCUT2D eigenvalue weighted by Gasteiger charge is 2.26. The molecule has 1 unspecified atom stereocenters. The highest BCUT2D eigenvalue weighted by atomic mass is 16.2. The van der Waals surface area contributed by atoms with E-state index in [9.17, 15) is 9.59 Å². The summed E-state index contributed by atoms with van der Waals surface area (Å²) in [5.74, 6) is -0.0277. The molecule has 1 atom stereocenters. The highest BCUT2D eigenvalue weighted by Crippen LogP contribution is 2.08. The Kier molecular flexibility index (Phi) is 5.97. The minimum Gasteiger partial charge on any atom is -0.347 e. The molecule has 0 bridgehead atoms. The lowest BCUT2D eigenvalue weighted by Gasteiger charge is -2.30. The van der Waals surface area contributed by atoms with E-state index in [0.29, 0.717) is 13.0 Å². The predicted octanol–water partition coefficient (Wildman–Crippen LogP) is 1.11. The summed E-state index contributed by atoms with van der Waals surface area (Å²) >= 11 is 0. The lowest BCUT2D eigenvalue weighted by molar-refractivity contribution is -0.143. The van der Waals surface area contributed by atoms with Gasteiger partial charge in [0.25, 0.3) is 0 Å². The standard InChI is InChI=1S/C11H22N2O2/c1-6-8-13(9(3)14)10(7-2)11(15)12(4)5/h10H,6-8H2,1-5H3. The first-order valence-electron chi connectivity index (χ1n) is 5.44. The number of hydrogen-bond donors (Lipinski definition) is 0. The second kappa shape index (κ2) is 6.43. The molecule has 0 heterocycles. The molecular formula is C11H22N2O2. The van der Waals surface area contributed by atoms with Crippen molar-refractivity contribution in [2.24, 2.45) is 0 Å².